The lowest BCUT2D eigenvalue weighted by Crippen LogP contribution is -2.30. The van der Waals surface area contributed by atoms with E-state index in [1.165, 1.54) is 18.4 Å². The molecule has 1 saturated heterocycles. The van der Waals surface area contributed by atoms with E-state index in [1.54, 1.807) is 0 Å². The van der Waals surface area contributed by atoms with Gasteiger partial charge in [-0.25, -0.2) is 0 Å². The van der Waals surface area contributed by atoms with Crippen molar-refractivity contribution in [3.05, 3.63) is 59.2 Å². The van der Waals surface area contributed by atoms with Gasteiger partial charge < -0.3 is 14.8 Å². The Morgan fingerprint density at radius 2 is 1.83 bits per heavy atom. The Kier molecular flexibility index (Phi) is 5.15. The molecule has 5 heteroatoms. The second kappa shape index (κ2) is 8.07. The number of nitrogens with one attached hydrogen (secondary N) is 1. The topological polar surface area (TPSA) is 50.8 Å². The van der Waals surface area contributed by atoms with Crippen molar-refractivity contribution in [1.29, 1.82) is 0 Å². The third-order valence-corrected chi connectivity index (χ3v) is 6.10. The normalized spacial score (nSPS) is 19.7. The highest BCUT2D eigenvalue weighted by molar-refractivity contribution is 5.94. The molecule has 2 aromatic carbocycles. The zero-order valence-electron chi connectivity index (χ0n) is 16.7. The van der Waals surface area contributed by atoms with Gasteiger partial charge >= 0.3 is 0 Å². The Morgan fingerprint density at radius 3 is 2.62 bits per heavy atom. The molecule has 1 aliphatic carbocycles. The number of amides is 1. The van der Waals surface area contributed by atoms with Gasteiger partial charge in [0.25, 0.3) is 5.91 Å². The molecule has 0 bridgehead atoms. The maximum atomic E-state index is 13.1. The van der Waals surface area contributed by atoms with Crippen LogP contribution in [0.3, 0.4) is 0 Å². The summed E-state index contributed by atoms with van der Waals surface area (Å²) in [5, 5.41) is 3.29. The lowest BCUT2D eigenvalue weighted by atomic mass is 10.0. The number of nitrogens with zero attached hydrogens (tertiary/aromatic N) is 1. The van der Waals surface area contributed by atoms with Gasteiger partial charge in [0.15, 0.2) is 11.5 Å². The van der Waals surface area contributed by atoms with Gasteiger partial charge in [-0.3, -0.25) is 9.69 Å². The average molecular weight is 392 g/mol. The number of ether oxygens (including phenoxy) is 2. The second-order valence-electron chi connectivity index (χ2n) is 8.38. The zero-order chi connectivity index (χ0) is 19.6. The Hall–Kier alpha value is -2.53. The first kappa shape index (κ1) is 18.5. The van der Waals surface area contributed by atoms with E-state index in [9.17, 15) is 4.79 Å². The molecule has 2 heterocycles. The van der Waals surface area contributed by atoms with Gasteiger partial charge in [0.1, 0.15) is 13.2 Å². The van der Waals surface area contributed by atoms with Gasteiger partial charge in [-0.2, -0.15) is 0 Å². The van der Waals surface area contributed by atoms with E-state index in [4.69, 9.17) is 9.47 Å². The number of likely N-dealkylation sites (tertiary alicyclic amines) is 1. The summed E-state index contributed by atoms with van der Waals surface area (Å²) in [4.78, 5) is 15.5. The first-order chi connectivity index (χ1) is 14.3. The quantitative estimate of drug-likeness (QED) is 0.809. The highest BCUT2D eigenvalue weighted by atomic mass is 16.6. The maximum Gasteiger partial charge on any atom is 0.251 e. The summed E-state index contributed by atoms with van der Waals surface area (Å²) in [6.07, 6.45) is 4.85. The van der Waals surface area contributed by atoms with E-state index in [-0.39, 0.29) is 11.9 Å². The molecule has 2 fully saturated rings. The van der Waals surface area contributed by atoms with E-state index >= 15 is 0 Å². The van der Waals surface area contributed by atoms with Crippen LogP contribution in [0.5, 0.6) is 11.5 Å². The molecule has 152 valence electrons. The number of hydrogen-bond acceptors (Lipinski definition) is 4. The van der Waals surface area contributed by atoms with Crippen molar-refractivity contribution in [2.75, 3.05) is 26.3 Å². The third kappa shape index (κ3) is 4.25. The van der Waals surface area contributed by atoms with Crippen molar-refractivity contribution in [2.24, 2.45) is 5.92 Å². The number of carbonyl (C=O) groups excluding carboxylic acids is 1. The SMILES string of the molecule is O=C(NC(c1ccc2c(c1)OCCO2)C1CC1)c1cccc(CN2CCCC2)c1. The lowest BCUT2D eigenvalue weighted by Gasteiger charge is -2.23. The molecule has 5 rings (SSSR count). The summed E-state index contributed by atoms with van der Waals surface area (Å²) in [6, 6.07) is 14.1. The van der Waals surface area contributed by atoms with Crippen molar-refractivity contribution in [2.45, 2.75) is 38.3 Å². The summed E-state index contributed by atoms with van der Waals surface area (Å²) in [5.74, 6) is 2.06. The van der Waals surface area contributed by atoms with E-state index < -0.39 is 0 Å². The molecule has 2 aliphatic heterocycles. The minimum atomic E-state index is 0.0000565. The highest BCUT2D eigenvalue weighted by Gasteiger charge is 2.34. The van der Waals surface area contributed by atoms with Crippen molar-refractivity contribution in [3.63, 3.8) is 0 Å². The Morgan fingerprint density at radius 1 is 1.03 bits per heavy atom. The van der Waals surface area contributed by atoms with Crippen LogP contribution in [-0.4, -0.2) is 37.1 Å². The molecule has 0 radical (unpaired) electrons. The lowest BCUT2D eigenvalue weighted by molar-refractivity contribution is 0.0931. The number of hydrogen-bond donors (Lipinski definition) is 1. The van der Waals surface area contributed by atoms with Crippen LogP contribution in [0.25, 0.3) is 0 Å². The molecule has 1 amide bonds. The number of rotatable bonds is 6. The van der Waals surface area contributed by atoms with Crippen molar-refractivity contribution in [1.82, 2.24) is 10.2 Å². The number of fused-ring (bicyclic) bond motifs is 1. The molecule has 2 aromatic rings. The van der Waals surface area contributed by atoms with Crippen molar-refractivity contribution < 1.29 is 14.3 Å². The van der Waals surface area contributed by atoms with E-state index in [0.717, 1.165) is 55.1 Å². The number of carbonyl (C=O) groups is 1. The van der Waals surface area contributed by atoms with Gasteiger partial charge in [-0.1, -0.05) is 18.2 Å². The molecule has 1 atom stereocenters. The molecule has 5 nitrogen and oxygen atoms in total. The smallest absolute Gasteiger partial charge is 0.251 e. The van der Waals surface area contributed by atoms with Crippen molar-refractivity contribution >= 4 is 5.91 Å². The van der Waals surface area contributed by atoms with E-state index in [2.05, 4.69) is 22.3 Å². The van der Waals surface area contributed by atoms with E-state index in [1.807, 2.05) is 30.3 Å². The van der Waals surface area contributed by atoms with Gasteiger partial charge in [0, 0.05) is 12.1 Å². The zero-order valence-corrected chi connectivity index (χ0v) is 16.7. The van der Waals surface area contributed by atoms with Crippen LogP contribution in [0.4, 0.5) is 0 Å². The fraction of sp³-hybridized carbons (Fsp3) is 0.458. The minimum Gasteiger partial charge on any atom is -0.486 e. The van der Waals surface area contributed by atoms with Crippen molar-refractivity contribution in [3.8, 4) is 11.5 Å². The van der Waals surface area contributed by atoms with Crippen LogP contribution in [0, 0.1) is 5.92 Å². The summed E-state index contributed by atoms with van der Waals surface area (Å²) in [6.45, 7) is 4.40. The Bertz CT molecular complexity index is 887. The number of benzene rings is 2. The van der Waals surface area contributed by atoms with Crippen LogP contribution in [0.2, 0.25) is 0 Å². The second-order valence-corrected chi connectivity index (χ2v) is 8.38. The van der Waals surface area contributed by atoms with Gasteiger partial charge in [-0.05, 0) is 80.1 Å². The fourth-order valence-electron chi connectivity index (χ4n) is 4.39. The van der Waals surface area contributed by atoms with Gasteiger partial charge in [-0.15, -0.1) is 0 Å². The van der Waals surface area contributed by atoms with Crippen LogP contribution < -0.4 is 14.8 Å². The predicted octanol–water partition coefficient (Wildman–Crippen LogP) is 3.93. The molecule has 3 aliphatic rings. The molecule has 0 aromatic heterocycles. The predicted molar refractivity (Wildman–Crippen MR) is 111 cm³/mol. The molecule has 0 spiro atoms. The largest absolute Gasteiger partial charge is 0.486 e. The van der Waals surface area contributed by atoms with Gasteiger partial charge in [0.2, 0.25) is 0 Å². The van der Waals surface area contributed by atoms with Crippen LogP contribution >= 0.6 is 0 Å². The molecular formula is C24H28N2O3. The first-order valence-corrected chi connectivity index (χ1v) is 10.8. The fourth-order valence-corrected chi connectivity index (χ4v) is 4.39. The summed E-state index contributed by atoms with van der Waals surface area (Å²) in [5.41, 5.74) is 3.05. The van der Waals surface area contributed by atoms with Crippen LogP contribution in [0.15, 0.2) is 42.5 Å². The molecular weight excluding hydrogens is 364 g/mol. The standard InChI is InChI=1S/C24H28N2O3/c27-24(20-5-3-4-17(14-20)16-26-10-1-2-11-26)25-23(18-6-7-18)19-8-9-21-22(15-19)29-13-12-28-21/h3-5,8-9,14-15,18,23H,1-2,6-7,10-13,16H2,(H,25,27). The molecule has 29 heavy (non-hydrogen) atoms. The van der Waals surface area contributed by atoms with Crippen LogP contribution in [0.1, 0.15) is 53.2 Å². The summed E-state index contributed by atoms with van der Waals surface area (Å²) >= 11 is 0. The molecule has 1 unspecified atom stereocenters. The Labute approximate surface area is 172 Å². The first-order valence-electron chi connectivity index (χ1n) is 10.8. The van der Waals surface area contributed by atoms with Crippen LogP contribution in [-0.2, 0) is 6.54 Å². The molecule has 1 N–H and O–H groups in total. The van der Waals surface area contributed by atoms with E-state index in [0.29, 0.717) is 19.1 Å². The third-order valence-electron chi connectivity index (χ3n) is 6.10. The summed E-state index contributed by atoms with van der Waals surface area (Å²) < 4.78 is 11.4. The minimum absolute atomic E-state index is 0.0000565. The monoisotopic (exact) mass is 392 g/mol. The average Bonchev–Trinajstić information content (AvgIpc) is 3.48. The Balaban J connectivity index is 1.32. The highest BCUT2D eigenvalue weighted by Crippen LogP contribution is 2.43. The van der Waals surface area contributed by atoms with Gasteiger partial charge in [0.05, 0.1) is 6.04 Å². The summed E-state index contributed by atoms with van der Waals surface area (Å²) in [7, 11) is 0. The molecule has 1 saturated carbocycles. The maximum absolute atomic E-state index is 13.1.